The fraction of sp³-hybridized carbons (Fsp3) is 0.462. The smallest absolute Gasteiger partial charge is 0.221 e. The molecule has 2 atom stereocenters. The number of hydrogen-bond donors (Lipinski definition) is 2. The van der Waals surface area contributed by atoms with Crippen molar-refractivity contribution in [1.82, 2.24) is 10.6 Å². The van der Waals surface area contributed by atoms with Gasteiger partial charge in [0, 0.05) is 25.0 Å². The summed E-state index contributed by atoms with van der Waals surface area (Å²) in [4.78, 5) is 11.1. The number of rotatable bonds is 4. The molecule has 0 saturated carbocycles. The van der Waals surface area contributed by atoms with E-state index in [1.165, 1.54) is 5.56 Å². The van der Waals surface area contributed by atoms with Gasteiger partial charge in [0.05, 0.1) is 7.11 Å². The van der Waals surface area contributed by atoms with Gasteiger partial charge < -0.3 is 15.4 Å². The highest BCUT2D eigenvalue weighted by molar-refractivity contribution is 5.78. The molecular weight excluding hydrogens is 216 g/mol. The normalized spacial score (nSPS) is 21.1. The van der Waals surface area contributed by atoms with Crippen molar-refractivity contribution in [2.75, 3.05) is 13.7 Å². The Morgan fingerprint density at radius 3 is 2.65 bits per heavy atom. The Hall–Kier alpha value is -1.55. The molecule has 17 heavy (non-hydrogen) atoms. The lowest BCUT2D eigenvalue weighted by Gasteiger charge is -2.18. The van der Waals surface area contributed by atoms with Gasteiger partial charge in [-0.2, -0.15) is 0 Å². The maximum absolute atomic E-state index is 11.1. The first-order valence-electron chi connectivity index (χ1n) is 5.85. The van der Waals surface area contributed by atoms with Crippen LogP contribution < -0.4 is 15.4 Å². The molecule has 4 heteroatoms. The summed E-state index contributed by atoms with van der Waals surface area (Å²) >= 11 is 0. The largest absolute Gasteiger partial charge is 0.497 e. The molecule has 1 amide bonds. The summed E-state index contributed by atoms with van der Waals surface area (Å²) in [6.07, 6.45) is 0.570. The van der Waals surface area contributed by atoms with Gasteiger partial charge in [-0.1, -0.05) is 12.1 Å². The summed E-state index contributed by atoms with van der Waals surface area (Å²) in [6.45, 7) is 2.82. The molecule has 1 heterocycles. The van der Waals surface area contributed by atoms with E-state index < -0.39 is 0 Å². The number of amides is 1. The van der Waals surface area contributed by atoms with Gasteiger partial charge in [0.15, 0.2) is 0 Å². The molecule has 0 aromatic heterocycles. The van der Waals surface area contributed by atoms with Gasteiger partial charge in [0.2, 0.25) is 5.91 Å². The predicted molar refractivity (Wildman–Crippen MR) is 66.0 cm³/mol. The molecule has 1 aliphatic heterocycles. The van der Waals surface area contributed by atoms with E-state index in [1.807, 2.05) is 24.3 Å². The highest BCUT2D eigenvalue weighted by Crippen LogP contribution is 2.18. The van der Waals surface area contributed by atoms with E-state index in [4.69, 9.17) is 4.74 Å². The maximum Gasteiger partial charge on any atom is 0.221 e. The van der Waals surface area contributed by atoms with E-state index in [1.54, 1.807) is 7.11 Å². The van der Waals surface area contributed by atoms with E-state index in [-0.39, 0.29) is 18.0 Å². The Bertz CT molecular complexity index is 389. The molecule has 1 aromatic rings. The summed E-state index contributed by atoms with van der Waals surface area (Å²) < 4.78 is 5.12. The van der Waals surface area contributed by atoms with Crippen LogP contribution in [0.25, 0.3) is 0 Å². The first-order valence-corrected chi connectivity index (χ1v) is 5.85. The van der Waals surface area contributed by atoms with Crippen molar-refractivity contribution in [2.45, 2.75) is 25.4 Å². The van der Waals surface area contributed by atoms with Crippen LogP contribution in [0.5, 0.6) is 5.75 Å². The maximum atomic E-state index is 11.1. The quantitative estimate of drug-likeness (QED) is 0.824. The fourth-order valence-corrected chi connectivity index (χ4v) is 2.07. The average molecular weight is 234 g/mol. The molecule has 92 valence electrons. The second kappa shape index (κ2) is 5.19. The monoisotopic (exact) mass is 234 g/mol. The Kier molecular flexibility index (Phi) is 3.64. The van der Waals surface area contributed by atoms with Crippen molar-refractivity contribution in [3.05, 3.63) is 29.8 Å². The van der Waals surface area contributed by atoms with Crippen LogP contribution in [0.1, 0.15) is 24.9 Å². The van der Waals surface area contributed by atoms with Crippen LogP contribution in [0.15, 0.2) is 24.3 Å². The molecule has 1 fully saturated rings. The van der Waals surface area contributed by atoms with E-state index in [2.05, 4.69) is 17.6 Å². The number of carbonyl (C=O) groups excluding carboxylic acids is 1. The van der Waals surface area contributed by atoms with Gasteiger partial charge in [0.1, 0.15) is 5.75 Å². The molecule has 2 rings (SSSR count). The number of benzene rings is 1. The molecule has 2 unspecified atom stereocenters. The van der Waals surface area contributed by atoms with Crippen LogP contribution in [0.4, 0.5) is 0 Å². The molecule has 0 aliphatic carbocycles. The van der Waals surface area contributed by atoms with E-state index in [0.717, 1.165) is 12.3 Å². The third kappa shape index (κ3) is 2.97. The van der Waals surface area contributed by atoms with Crippen LogP contribution >= 0.6 is 0 Å². The van der Waals surface area contributed by atoms with Crippen molar-refractivity contribution in [3.8, 4) is 5.75 Å². The molecule has 1 aliphatic rings. The van der Waals surface area contributed by atoms with Gasteiger partial charge >= 0.3 is 0 Å². The first kappa shape index (κ1) is 11.9. The topological polar surface area (TPSA) is 50.4 Å². The van der Waals surface area contributed by atoms with Crippen LogP contribution in [-0.2, 0) is 4.79 Å². The molecule has 1 aromatic carbocycles. The second-order valence-corrected chi connectivity index (χ2v) is 4.37. The summed E-state index contributed by atoms with van der Waals surface area (Å²) in [5.41, 5.74) is 1.20. The van der Waals surface area contributed by atoms with Crippen molar-refractivity contribution in [3.63, 3.8) is 0 Å². The Balaban J connectivity index is 1.94. The third-order valence-electron chi connectivity index (χ3n) is 3.08. The van der Waals surface area contributed by atoms with Gasteiger partial charge in [-0.3, -0.25) is 4.79 Å². The standard InChI is InChI=1S/C13H18N2O2/c1-9(15-11-7-13(16)14-8-11)10-3-5-12(17-2)6-4-10/h3-6,9,11,15H,7-8H2,1-2H3,(H,14,16). The van der Waals surface area contributed by atoms with Gasteiger partial charge in [-0.25, -0.2) is 0 Å². The minimum atomic E-state index is 0.129. The van der Waals surface area contributed by atoms with E-state index in [0.29, 0.717) is 6.42 Å². The van der Waals surface area contributed by atoms with Gasteiger partial charge in [-0.05, 0) is 24.6 Å². The summed E-state index contributed by atoms with van der Waals surface area (Å²) in [5, 5.41) is 6.26. The van der Waals surface area contributed by atoms with Gasteiger partial charge in [0.25, 0.3) is 0 Å². The molecular formula is C13H18N2O2. The minimum absolute atomic E-state index is 0.129. The lowest BCUT2D eigenvalue weighted by atomic mass is 10.1. The van der Waals surface area contributed by atoms with Crippen LogP contribution in [-0.4, -0.2) is 25.6 Å². The van der Waals surface area contributed by atoms with Crippen LogP contribution in [0.3, 0.4) is 0 Å². The van der Waals surface area contributed by atoms with E-state index in [9.17, 15) is 4.79 Å². The average Bonchev–Trinajstić information content (AvgIpc) is 2.75. The number of hydrogen-bond acceptors (Lipinski definition) is 3. The molecule has 0 bridgehead atoms. The number of nitrogens with one attached hydrogen (secondary N) is 2. The molecule has 0 spiro atoms. The summed E-state index contributed by atoms with van der Waals surface area (Å²) in [6, 6.07) is 8.46. The highest BCUT2D eigenvalue weighted by atomic mass is 16.5. The number of methoxy groups -OCH3 is 1. The van der Waals surface area contributed by atoms with Gasteiger partial charge in [-0.15, -0.1) is 0 Å². The van der Waals surface area contributed by atoms with Crippen molar-refractivity contribution in [1.29, 1.82) is 0 Å². The zero-order valence-electron chi connectivity index (χ0n) is 10.2. The van der Waals surface area contributed by atoms with Crippen LogP contribution in [0, 0.1) is 0 Å². The zero-order chi connectivity index (χ0) is 12.3. The van der Waals surface area contributed by atoms with Crippen molar-refractivity contribution >= 4 is 5.91 Å². The molecule has 0 radical (unpaired) electrons. The molecule has 2 N–H and O–H groups in total. The Morgan fingerprint density at radius 2 is 2.12 bits per heavy atom. The number of ether oxygens (including phenoxy) is 1. The highest BCUT2D eigenvalue weighted by Gasteiger charge is 2.22. The zero-order valence-corrected chi connectivity index (χ0v) is 10.2. The molecule has 1 saturated heterocycles. The molecule has 4 nitrogen and oxygen atoms in total. The third-order valence-corrected chi connectivity index (χ3v) is 3.08. The van der Waals surface area contributed by atoms with Crippen molar-refractivity contribution in [2.24, 2.45) is 0 Å². The van der Waals surface area contributed by atoms with Crippen LogP contribution in [0.2, 0.25) is 0 Å². The van der Waals surface area contributed by atoms with E-state index >= 15 is 0 Å². The fourth-order valence-electron chi connectivity index (χ4n) is 2.07. The second-order valence-electron chi connectivity index (χ2n) is 4.37. The summed E-state index contributed by atoms with van der Waals surface area (Å²) in [7, 11) is 1.66. The van der Waals surface area contributed by atoms with Crippen molar-refractivity contribution < 1.29 is 9.53 Å². The Labute approximate surface area is 101 Å². The SMILES string of the molecule is COc1ccc(C(C)NC2CNC(=O)C2)cc1. The predicted octanol–water partition coefficient (Wildman–Crippen LogP) is 1.23. The lowest BCUT2D eigenvalue weighted by Crippen LogP contribution is -2.33. The first-order chi connectivity index (χ1) is 8.19. The Morgan fingerprint density at radius 1 is 1.41 bits per heavy atom. The minimum Gasteiger partial charge on any atom is -0.497 e. The summed E-state index contributed by atoms with van der Waals surface area (Å²) in [5.74, 6) is 0.989. The number of carbonyl (C=O) groups is 1. The lowest BCUT2D eigenvalue weighted by molar-refractivity contribution is -0.119.